The quantitative estimate of drug-likeness (QED) is 0.775. The topological polar surface area (TPSA) is 74.3 Å². The molecule has 2 heterocycles. The highest BCUT2D eigenvalue weighted by Crippen LogP contribution is 2.18. The predicted molar refractivity (Wildman–Crippen MR) is 106 cm³/mol. The molecule has 7 heteroatoms. The van der Waals surface area contributed by atoms with Crippen molar-refractivity contribution in [2.45, 2.75) is 25.8 Å². The van der Waals surface area contributed by atoms with Crippen LogP contribution >= 0.6 is 11.6 Å². The molecule has 1 aromatic heterocycles. The first-order chi connectivity index (χ1) is 13.0. The van der Waals surface area contributed by atoms with Crippen LogP contribution in [0.4, 0.5) is 5.69 Å². The summed E-state index contributed by atoms with van der Waals surface area (Å²) in [6.45, 7) is 3.74. The summed E-state index contributed by atoms with van der Waals surface area (Å²) in [5.74, 6) is -0.150. The van der Waals surface area contributed by atoms with Gasteiger partial charge >= 0.3 is 0 Å². The first kappa shape index (κ1) is 19.3. The van der Waals surface area contributed by atoms with Gasteiger partial charge in [-0.2, -0.15) is 0 Å². The minimum absolute atomic E-state index is 0.0319. The molecule has 1 aromatic carbocycles. The van der Waals surface area contributed by atoms with Gasteiger partial charge in [0.05, 0.1) is 12.2 Å². The van der Waals surface area contributed by atoms with Crippen molar-refractivity contribution in [3.8, 4) is 0 Å². The highest BCUT2D eigenvalue weighted by Gasteiger charge is 2.23. The molecule has 0 aliphatic carbocycles. The summed E-state index contributed by atoms with van der Waals surface area (Å²) in [5.41, 5.74) is 2.20. The third kappa shape index (κ3) is 5.28. The molecule has 0 atom stereocenters. The molecular formula is C20H23ClN4O2. The normalized spacial score (nSPS) is 15.3. The first-order valence-electron chi connectivity index (χ1n) is 9.02. The van der Waals surface area contributed by atoms with Gasteiger partial charge in [-0.15, -0.1) is 0 Å². The molecule has 1 aliphatic rings. The lowest BCUT2D eigenvalue weighted by molar-refractivity contribution is -0.117. The van der Waals surface area contributed by atoms with E-state index in [1.165, 1.54) is 0 Å². The van der Waals surface area contributed by atoms with Crippen molar-refractivity contribution in [2.24, 2.45) is 0 Å². The average molecular weight is 387 g/mol. The maximum absolute atomic E-state index is 12.4. The van der Waals surface area contributed by atoms with E-state index >= 15 is 0 Å². The molecule has 2 aromatic rings. The largest absolute Gasteiger partial charge is 0.349 e. The molecule has 2 amide bonds. The molecule has 0 unspecified atom stereocenters. The van der Waals surface area contributed by atoms with Gasteiger partial charge in [-0.05, 0) is 43.5 Å². The minimum atomic E-state index is -0.118. The molecular weight excluding hydrogens is 364 g/mol. The number of carbonyl (C=O) groups is 2. The van der Waals surface area contributed by atoms with E-state index in [2.05, 4.69) is 20.5 Å². The Kier molecular flexibility index (Phi) is 6.42. The molecule has 1 saturated heterocycles. The van der Waals surface area contributed by atoms with Crippen LogP contribution in [-0.4, -0.2) is 47.4 Å². The number of hydrogen-bond donors (Lipinski definition) is 2. The van der Waals surface area contributed by atoms with Crippen molar-refractivity contribution < 1.29 is 9.59 Å². The Balaban J connectivity index is 1.45. The summed E-state index contributed by atoms with van der Waals surface area (Å²) >= 11 is 5.96. The molecule has 1 aliphatic heterocycles. The second-order valence-corrected chi connectivity index (χ2v) is 7.09. The summed E-state index contributed by atoms with van der Waals surface area (Å²) in [6, 6.07) is 11.2. The van der Waals surface area contributed by atoms with E-state index in [1.807, 2.05) is 31.2 Å². The Labute approximate surface area is 163 Å². The Morgan fingerprint density at radius 1 is 1.19 bits per heavy atom. The fourth-order valence-electron chi connectivity index (χ4n) is 3.20. The SMILES string of the molecule is Cc1ccccc1C(=O)NC1CCN(CC(=O)Nc2cccnc2Cl)CC1. The Morgan fingerprint density at radius 2 is 1.93 bits per heavy atom. The predicted octanol–water partition coefficient (Wildman–Crippen LogP) is 2.88. The maximum Gasteiger partial charge on any atom is 0.251 e. The van der Waals surface area contributed by atoms with Crippen LogP contribution in [0.25, 0.3) is 0 Å². The highest BCUT2D eigenvalue weighted by atomic mass is 35.5. The summed E-state index contributed by atoms with van der Waals surface area (Å²) in [4.78, 5) is 30.7. The number of nitrogens with zero attached hydrogens (tertiary/aromatic N) is 2. The van der Waals surface area contributed by atoms with Crippen LogP contribution in [0.15, 0.2) is 42.6 Å². The average Bonchev–Trinajstić information content (AvgIpc) is 2.65. The van der Waals surface area contributed by atoms with Crippen molar-refractivity contribution in [1.82, 2.24) is 15.2 Å². The van der Waals surface area contributed by atoms with Gasteiger partial charge in [0, 0.05) is 30.9 Å². The minimum Gasteiger partial charge on any atom is -0.349 e. The van der Waals surface area contributed by atoms with Gasteiger partial charge in [0.1, 0.15) is 0 Å². The van der Waals surface area contributed by atoms with Crippen molar-refractivity contribution >= 4 is 29.1 Å². The van der Waals surface area contributed by atoms with E-state index in [0.29, 0.717) is 17.8 Å². The number of aromatic nitrogens is 1. The van der Waals surface area contributed by atoms with Crippen LogP contribution in [0, 0.1) is 6.92 Å². The highest BCUT2D eigenvalue weighted by molar-refractivity contribution is 6.32. The molecule has 6 nitrogen and oxygen atoms in total. The zero-order chi connectivity index (χ0) is 19.2. The zero-order valence-electron chi connectivity index (χ0n) is 15.2. The number of aryl methyl sites for hydroxylation is 1. The van der Waals surface area contributed by atoms with Gasteiger partial charge in [0.25, 0.3) is 5.91 Å². The number of pyridine rings is 1. The van der Waals surface area contributed by atoms with E-state index in [-0.39, 0.29) is 23.0 Å². The standard InChI is InChI=1S/C20H23ClN4O2/c1-14-5-2-3-6-16(14)20(27)23-15-8-11-25(12-9-15)13-18(26)24-17-7-4-10-22-19(17)21/h2-7,10,15H,8-9,11-13H2,1H3,(H,23,27)(H,24,26). The lowest BCUT2D eigenvalue weighted by Crippen LogP contribution is -2.46. The number of hydrogen-bond acceptors (Lipinski definition) is 4. The monoisotopic (exact) mass is 386 g/mol. The van der Waals surface area contributed by atoms with Crippen molar-refractivity contribution in [2.75, 3.05) is 25.0 Å². The molecule has 0 saturated carbocycles. The Morgan fingerprint density at radius 3 is 2.63 bits per heavy atom. The van der Waals surface area contributed by atoms with E-state index in [1.54, 1.807) is 18.3 Å². The molecule has 1 fully saturated rings. The second-order valence-electron chi connectivity index (χ2n) is 6.73. The molecule has 3 rings (SSSR count). The van der Waals surface area contributed by atoms with Gasteiger partial charge in [-0.25, -0.2) is 4.98 Å². The lowest BCUT2D eigenvalue weighted by Gasteiger charge is -2.32. The fourth-order valence-corrected chi connectivity index (χ4v) is 3.36. The summed E-state index contributed by atoms with van der Waals surface area (Å²) in [6.07, 6.45) is 3.21. The van der Waals surface area contributed by atoms with Crippen LogP contribution in [0.5, 0.6) is 0 Å². The lowest BCUT2D eigenvalue weighted by atomic mass is 10.0. The maximum atomic E-state index is 12.4. The van der Waals surface area contributed by atoms with Crippen LogP contribution in [0.3, 0.4) is 0 Å². The third-order valence-corrected chi connectivity index (χ3v) is 5.01. The molecule has 2 N–H and O–H groups in total. The van der Waals surface area contributed by atoms with Crippen molar-refractivity contribution in [3.63, 3.8) is 0 Å². The number of rotatable bonds is 5. The first-order valence-corrected chi connectivity index (χ1v) is 9.40. The van der Waals surface area contributed by atoms with E-state index in [4.69, 9.17) is 11.6 Å². The van der Waals surface area contributed by atoms with E-state index in [0.717, 1.165) is 31.5 Å². The molecule has 0 spiro atoms. The van der Waals surface area contributed by atoms with Gasteiger partial charge in [-0.3, -0.25) is 14.5 Å². The van der Waals surface area contributed by atoms with Gasteiger partial charge < -0.3 is 10.6 Å². The number of likely N-dealkylation sites (tertiary alicyclic amines) is 1. The summed E-state index contributed by atoms with van der Waals surface area (Å²) < 4.78 is 0. The van der Waals surface area contributed by atoms with E-state index < -0.39 is 0 Å². The fraction of sp³-hybridized carbons (Fsp3) is 0.350. The van der Waals surface area contributed by atoms with Crippen molar-refractivity contribution in [3.05, 3.63) is 58.9 Å². The smallest absolute Gasteiger partial charge is 0.251 e. The second kappa shape index (κ2) is 8.97. The van der Waals surface area contributed by atoms with Crippen LogP contribution in [0.2, 0.25) is 5.15 Å². The third-order valence-electron chi connectivity index (χ3n) is 4.71. The Hall–Kier alpha value is -2.44. The number of amides is 2. The number of benzene rings is 1. The van der Waals surface area contributed by atoms with E-state index in [9.17, 15) is 9.59 Å². The van der Waals surface area contributed by atoms with Crippen LogP contribution < -0.4 is 10.6 Å². The number of carbonyl (C=O) groups excluding carboxylic acids is 2. The number of halogens is 1. The molecule has 0 radical (unpaired) electrons. The van der Waals surface area contributed by atoms with Crippen LogP contribution in [0.1, 0.15) is 28.8 Å². The molecule has 27 heavy (non-hydrogen) atoms. The van der Waals surface area contributed by atoms with Gasteiger partial charge in [0.2, 0.25) is 5.91 Å². The van der Waals surface area contributed by atoms with Crippen molar-refractivity contribution in [1.29, 1.82) is 0 Å². The molecule has 0 bridgehead atoms. The summed E-state index contributed by atoms with van der Waals surface area (Å²) in [7, 11) is 0. The number of piperidine rings is 1. The van der Waals surface area contributed by atoms with Gasteiger partial charge in [0.15, 0.2) is 5.15 Å². The number of anilines is 1. The summed E-state index contributed by atoms with van der Waals surface area (Å²) in [5, 5.41) is 6.17. The Bertz CT molecular complexity index is 819. The number of nitrogens with one attached hydrogen (secondary N) is 2. The van der Waals surface area contributed by atoms with Gasteiger partial charge in [-0.1, -0.05) is 29.8 Å². The van der Waals surface area contributed by atoms with Crippen LogP contribution in [-0.2, 0) is 4.79 Å². The molecule has 142 valence electrons. The zero-order valence-corrected chi connectivity index (χ0v) is 16.0.